The van der Waals surface area contributed by atoms with E-state index in [1.54, 1.807) is 6.20 Å². The smallest absolute Gasteiger partial charge is 0.223 e. The summed E-state index contributed by atoms with van der Waals surface area (Å²) in [6, 6.07) is 3.70. The van der Waals surface area contributed by atoms with Crippen molar-refractivity contribution in [1.82, 2.24) is 10.3 Å². The zero-order valence-corrected chi connectivity index (χ0v) is 10.7. The van der Waals surface area contributed by atoms with Gasteiger partial charge in [-0.15, -0.1) is 0 Å². The Bertz CT molecular complexity index is 352. The maximum atomic E-state index is 11.5. The third-order valence-electron chi connectivity index (χ3n) is 2.08. The van der Waals surface area contributed by atoms with E-state index in [2.05, 4.69) is 26.2 Å². The van der Waals surface area contributed by atoms with Gasteiger partial charge in [0.1, 0.15) is 0 Å². The van der Waals surface area contributed by atoms with Crippen molar-refractivity contribution in [3.05, 3.63) is 28.5 Å². The number of nitrogens with zero attached hydrogens (tertiary/aromatic N) is 1. The van der Waals surface area contributed by atoms with Gasteiger partial charge in [0.25, 0.3) is 0 Å². The van der Waals surface area contributed by atoms with Crippen LogP contribution in [0.5, 0.6) is 0 Å². The Morgan fingerprint density at radius 2 is 2.13 bits per heavy atom. The Balaban J connectivity index is 2.73. The van der Waals surface area contributed by atoms with Crippen LogP contribution in [-0.2, 0) is 4.79 Å². The quantitative estimate of drug-likeness (QED) is 0.918. The lowest BCUT2D eigenvalue weighted by Crippen LogP contribution is -2.30. The maximum Gasteiger partial charge on any atom is 0.223 e. The van der Waals surface area contributed by atoms with Gasteiger partial charge < -0.3 is 5.32 Å². The molecule has 0 fully saturated rings. The van der Waals surface area contributed by atoms with Crippen LogP contribution in [0.15, 0.2) is 22.8 Å². The number of pyridine rings is 1. The fourth-order valence-electron chi connectivity index (χ4n) is 1.16. The van der Waals surface area contributed by atoms with Gasteiger partial charge in [0.2, 0.25) is 5.91 Å². The first-order valence-electron chi connectivity index (χ1n) is 4.93. The molecule has 1 amide bonds. The van der Waals surface area contributed by atoms with Crippen LogP contribution < -0.4 is 5.32 Å². The Morgan fingerprint density at radius 1 is 1.47 bits per heavy atom. The first-order chi connectivity index (χ1) is 7.02. The van der Waals surface area contributed by atoms with Crippen LogP contribution in [0.1, 0.15) is 32.5 Å². The SMILES string of the molecule is CC(C)C(=O)NC(C)c1ncccc1Br. The summed E-state index contributed by atoms with van der Waals surface area (Å²) in [6.45, 7) is 5.67. The summed E-state index contributed by atoms with van der Waals surface area (Å²) in [5.41, 5.74) is 0.853. The van der Waals surface area contributed by atoms with E-state index in [-0.39, 0.29) is 17.9 Å². The summed E-state index contributed by atoms with van der Waals surface area (Å²) < 4.78 is 0.918. The number of hydrogen-bond donors (Lipinski definition) is 1. The highest BCUT2D eigenvalue weighted by Crippen LogP contribution is 2.20. The number of rotatable bonds is 3. The van der Waals surface area contributed by atoms with Crippen molar-refractivity contribution in [1.29, 1.82) is 0 Å². The van der Waals surface area contributed by atoms with Gasteiger partial charge in [-0.2, -0.15) is 0 Å². The zero-order chi connectivity index (χ0) is 11.4. The topological polar surface area (TPSA) is 42.0 Å². The molecule has 1 rings (SSSR count). The van der Waals surface area contributed by atoms with Crippen LogP contribution in [0.3, 0.4) is 0 Å². The van der Waals surface area contributed by atoms with Crippen molar-refractivity contribution in [2.45, 2.75) is 26.8 Å². The van der Waals surface area contributed by atoms with Crippen LogP contribution in [0.25, 0.3) is 0 Å². The lowest BCUT2D eigenvalue weighted by Gasteiger charge is -2.16. The number of hydrogen-bond acceptors (Lipinski definition) is 2. The first-order valence-corrected chi connectivity index (χ1v) is 5.72. The van der Waals surface area contributed by atoms with Crippen molar-refractivity contribution in [2.24, 2.45) is 5.92 Å². The average Bonchev–Trinajstić information content (AvgIpc) is 2.18. The van der Waals surface area contributed by atoms with E-state index in [1.807, 2.05) is 32.9 Å². The van der Waals surface area contributed by atoms with E-state index < -0.39 is 0 Å². The molecule has 1 heterocycles. The van der Waals surface area contributed by atoms with Crippen molar-refractivity contribution in [3.63, 3.8) is 0 Å². The molecular weight excluding hydrogens is 256 g/mol. The summed E-state index contributed by atoms with van der Waals surface area (Å²) >= 11 is 3.41. The van der Waals surface area contributed by atoms with Crippen LogP contribution >= 0.6 is 15.9 Å². The number of amides is 1. The van der Waals surface area contributed by atoms with Gasteiger partial charge >= 0.3 is 0 Å². The second kappa shape index (κ2) is 5.26. The van der Waals surface area contributed by atoms with Crippen molar-refractivity contribution >= 4 is 21.8 Å². The summed E-state index contributed by atoms with van der Waals surface area (Å²) in [5, 5.41) is 2.90. The molecule has 4 heteroatoms. The molecule has 0 saturated carbocycles. The molecule has 0 spiro atoms. The molecule has 1 aromatic rings. The number of halogens is 1. The highest BCUT2D eigenvalue weighted by atomic mass is 79.9. The molecule has 0 bridgehead atoms. The van der Waals surface area contributed by atoms with Gasteiger partial charge in [-0.3, -0.25) is 9.78 Å². The summed E-state index contributed by atoms with van der Waals surface area (Å²) in [5.74, 6) is 0.0370. The van der Waals surface area contributed by atoms with E-state index >= 15 is 0 Å². The van der Waals surface area contributed by atoms with Crippen LogP contribution in [0.4, 0.5) is 0 Å². The van der Waals surface area contributed by atoms with Gasteiger partial charge in [0.15, 0.2) is 0 Å². The predicted molar refractivity (Wildman–Crippen MR) is 63.3 cm³/mol. The van der Waals surface area contributed by atoms with Crippen LogP contribution in [-0.4, -0.2) is 10.9 Å². The van der Waals surface area contributed by atoms with E-state index in [0.29, 0.717) is 0 Å². The molecule has 0 radical (unpaired) electrons. The molecule has 0 aliphatic rings. The molecule has 1 atom stereocenters. The summed E-state index contributed by atoms with van der Waals surface area (Å²) in [4.78, 5) is 15.7. The minimum absolute atomic E-state index is 0.00469. The number of nitrogens with one attached hydrogen (secondary N) is 1. The fourth-order valence-corrected chi connectivity index (χ4v) is 1.76. The van der Waals surface area contributed by atoms with E-state index in [0.717, 1.165) is 10.2 Å². The molecule has 1 N–H and O–H groups in total. The lowest BCUT2D eigenvalue weighted by molar-refractivity contribution is -0.124. The molecule has 3 nitrogen and oxygen atoms in total. The van der Waals surface area contributed by atoms with E-state index in [4.69, 9.17) is 0 Å². The molecule has 15 heavy (non-hydrogen) atoms. The highest BCUT2D eigenvalue weighted by Gasteiger charge is 2.14. The summed E-state index contributed by atoms with van der Waals surface area (Å²) in [7, 11) is 0. The third-order valence-corrected chi connectivity index (χ3v) is 2.75. The molecule has 1 aromatic heterocycles. The lowest BCUT2D eigenvalue weighted by atomic mass is 10.1. The van der Waals surface area contributed by atoms with Gasteiger partial charge in [0.05, 0.1) is 11.7 Å². The predicted octanol–water partition coefficient (Wildman–Crippen LogP) is 2.68. The molecule has 0 saturated heterocycles. The Kier molecular flexibility index (Phi) is 4.27. The van der Waals surface area contributed by atoms with Gasteiger partial charge in [-0.1, -0.05) is 13.8 Å². The van der Waals surface area contributed by atoms with Crippen molar-refractivity contribution in [2.75, 3.05) is 0 Å². The Labute approximate surface area is 98.4 Å². The van der Waals surface area contributed by atoms with Crippen molar-refractivity contribution < 1.29 is 4.79 Å². The van der Waals surface area contributed by atoms with Crippen LogP contribution in [0.2, 0.25) is 0 Å². The second-order valence-electron chi connectivity index (χ2n) is 3.76. The van der Waals surface area contributed by atoms with Crippen LogP contribution in [0, 0.1) is 5.92 Å². The minimum Gasteiger partial charge on any atom is -0.348 e. The number of carbonyl (C=O) groups excluding carboxylic acids is 1. The molecule has 82 valence electrons. The maximum absolute atomic E-state index is 11.5. The van der Waals surface area contributed by atoms with Gasteiger partial charge in [-0.05, 0) is 35.0 Å². The molecule has 0 aromatic carbocycles. The molecule has 0 aliphatic heterocycles. The highest BCUT2D eigenvalue weighted by molar-refractivity contribution is 9.10. The standard InChI is InChI=1S/C11H15BrN2O/c1-7(2)11(15)14-8(3)10-9(12)5-4-6-13-10/h4-8H,1-3H3,(H,14,15). The number of carbonyl (C=O) groups is 1. The minimum atomic E-state index is -0.0736. The van der Waals surface area contributed by atoms with E-state index in [9.17, 15) is 4.79 Å². The second-order valence-corrected chi connectivity index (χ2v) is 4.61. The molecular formula is C11H15BrN2O. The average molecular weight is 271 g/mol. The third kappa shape index (κ3) is 3.30. The monoisotopic (exact) mass is 270 g/mol. The normalized spacial score (nSPS) is 12.6. The van der Waals surface area contributed by atoms with Gasteiger partial charge in [-0.25, -0.2) is 0 Å². The van der Waals surface area contributed by atoms with Gasteiger partial charge in [0, 0.05) is 16.6 Å². The summed E-state index contributed by atoms with van der Waals surface area (Å²) in [6.07, 6.45) is 1.72. The Morgan fingerprint density at radius 3 is 2.67 bits per heavy atom. The van der Waals surface area contributed by atoms with E-state index in [1.165, 1.54) is 0 Å². The molecule has 0 aliphatic carbocycles. The Hall–Kier alpha value is -0.900. The molecule has 1 unspecified atom stereocenters. The van der Waals surface area contributed by atoms with Crippen molar-refractivity contribution in [3.8, 4) is 0 Å². The fraction of sp³-hybridized carbons (Fsp3) is 0.455. The largest absolute Gasteiger partial charge is 0.348 e. The number of aromatic nitrogens is 1. The zero-order valence-electron chi connectivity index (χ0n) is 9.12. The first kappa shape index (κ1) is 12.2.